The van der Waals surface area contributed by atoms with E-state index in [1.165, 1.54) is 6.42 Å². The number of nitrogens with zero attached hydrogens (tertiary/aromatic N) is 2. The summed E-state index contributed by atoms with van der Waals surface area (Å²) in [5, 5.41) is 0.623. The Hall–Kier alpha value is -1.55. The minimum atomic E-state index is -0.0434. The van der Waals surface area contributed by atoms with E-state index in [2.05, 4.69) is 0 Å². The molecule has 0 aliphatic carbocycles. The zero-order valence-electron chi connectivity index (χ0n) is 13.3. The molecule has 23 heavy (non-hydrogen) atoms. The highest BCUT2D eigenvalue weighted by Crippen LogP contribution is 2.23. The first-order chi connectivity index (χ1) is 11.1. The van der Waals surface area contributed by atoms with Crippen molar-refractivity contribution in [3.63, 3.8) is 0 Å². The maximum absolute atomic E-state index is 12.7. The highest BCUT2D eigenvalue weighted by atomic mass is 35.5. The summed E-state index contributed by atoms with van der Waals surface area (Å²) in [4.78, 5) is 29.1. The SMILES string of the molecule is O=C(c1ccc(Cl)cc1)N1CCC[C@@H](C(=O)N2CCCCC2)C1. The maximum atomic E-state index is 12.7. The molecule has 2 saturated heterocycles. The van der Waals surface area contributed by atoms with Crippen LogP contribution in [0.15, 0.2) is 24.3 Å². The molecule has 2 heterocycles. The highest BCUT2D eigenvalue weighted by Gasteiger charge is 2.31. The number of hydrogen-bond donors (Lipinski definition) is 0. The van der Waals surface area contributed by atoms with Crippen LogP contribution in [0.2, 0.25) is 5.02 Å². The summed E-state index contributed by atoms with van der Waals surface area (Å²) in [6, 6.07) is 6.96. The minimum Gasteiger partial charge on any atom is -0.342 e. The van der Waals surface area contributed by atoms with Crippen molar-refractivity contribution in [2.24, 2.45) is 5.92 Å². The molecule has 1 aromatic rings. The first-order valence-corrected chi connectivity index (χ1v) is 8.86. The third-order valence-electron chi connectivity index (χ3n) is 4.82. The molecule has 2 amide bonds. The van der Waals surface area contributed by atoms with Gasteiger partial charge in [-0.1, -0.05) is 11.6 Å². The summed E-state index contributed by atoms with van der Waals surface area (Å²) < 4.78 is 0. The van der Waals surface area contributed by atoms with Crippen LogP contribution >= 0.6 is 11.6 Å². The molecular weight excluding hydrogens is 312 g/mol. The van der Waals surface area contributed by atoms with Gasteiger partial charge in [0.1, 0.15) is 0 Å². The number of hydrogen-bond acceptors (Lipinski definition) is 2. The Morgan fingerprint density at radius 3 is 2.26 bits per heavy atom. The second-order valence-electron chi connectivity index (χ2n) is 6.48. The van der Waals surface area contributed by atoms with Crippen molar-refractivity contribution in [2.45, 2.75) is 32.1 Å². The molecule has 0 N–H and O–H groups in total. The van der Waals surface area contributed by atoms with Crippen LogP contribution in [0.4, 0.5) is 0 Å². The molecule has 0 aromatic heterocycles. The van der Waals surface area contributed by atoms with Gasteiger partial charge in [0.25, 0.3) is 5.91 Å². The number of carbonyl (C=O) groups excluding carboxylic acids is 2. The van der Waals surface area contributed by atoms with Crippen molar-refractivity contribution < 1.29 is 9.59 Å². The monoisotopic (exact) mass is 334 g/mol. The second-order valence-corrected chi connectivity index (χ2v) is 6.92. The van der Waals surface area contributed by atoms with Crippen LogP contribution in [0.5, 0.6) is 0 Å². The number of amides is 2. The van der Waals surface area contributed by atoms with E-state index in [0.29, 0.717) is 17.1 Å². The summed E-state index contributed by atoms with van der Waals surface area (Å²) in [6.07, 6.45) is 5.21. The smallest absolute Gasteiger partial charge is 0.253 e. The second kappa shape index (κ2) is 7.35. The molecule has 5 heteroatoms. The van der Waals surface area contributed by atoms with E-state index in [1.54, 1.807) is 24.3 Å². The van der Waals surface area contributed by atoms with E-state index in [1.807, 2.05) is 9.80 Å². The average molecular weight is 335 g/mol. The summed E-state index contributed by atoms with van der Waals surface area (Å²) >= 11 is 5.88. The average Bonchev–Trinajstić information content (AvgIpc) is 2.62. The normalized spacial score (nSPS) is 22.0. The lowest BCUT2D eigenvalue weighted by Gasteiger charge is -2.36. The van der Waals surface area contributed by atoms with Gasteiger partial charge in [-0.15, -0.1) is 0 Å². The van der Waals surface area contributed by atoms with Gasteiger partial charge < -0.3 is 9.80 Å². The van der Waals surface area contributed by atoms with E-state index < -0.39 is 0 Å². The standard InChI is InChI=1S/C18H23ClN2O2/c19-16-8-6-14(7-9-16)17(22)21-12-4-5-15(13-21)18(23)20-10-2-1-3-11-20/h6-9,15H,1-5,10-13H2/t15-/m1/s1. The number of carbonyl (C=O) groups is 2. The molecule has 0 spiro atoms. The van der Waals surface area contributed by atoms with Crippen molar-refractivity contribution in [1.82, 2.24) is 9.80 Å². The van der Waals surface area contributed by atoms with E-state index in [-0.39, 0.29) is 17.7 Å². The van der Waals surface area contributed by atoms with Crippen LogP contribution in [0.25, 0.3) is 0 Å². The number of halogens is 1. The van der Waals surface area contributed by atoms with Crippen LogP contribution in [-0.4, -0.2) is 47.8 Å². The first kappa shape index (κ1) is 16.3. The maximum Gasteiger partial charge on any atom is 0.253 e. The number of likely N-dealkylation sites (tertiary alicyclic amines) is 2. The van der Waals surface area contributed by atoms with E-state index in [4.69, 9.17) is 11.6 Å². The van der Waals surface area contributed by atoms with Gasteiger partial charge in [0.05, 0.1) is 5.92 Å². The lowest BCUT2D eigenvalue weighted by atomic mass is 9.95. The van der Waals surface area contributed by atoms with Gasteiger partial charge in [0.2, 0.25) is 5.91 Å². The van der Waals surface area contributed by atoms with Gasteiger partial charge in [0, 0.05) is 36.8 Å². The molecule has 2 fully saturated rings. The lowest BCUT2D eigenvalue weighted by molar-refractivity contribution is -0.137. The van der Waals surface area contributed by atoms with Crippen molar-refractivity contribution in [1.29, 1.82) is 0 Å². The van der Waals surface area contributed by atoms with Crippen LogP contribution in [0, 0.1) is 5.92 Å². The first-order valence-electron chi connectivity index (χ1n) is 8.49. The Kier molecular flexibility index (Phi) is 5.21. The molecule has 1 atom stereocenters. The molecule has 0 bridgehead atoms. The van der Waals surface area contributed by atoms with Crippen LogP contribution < -0.4 is 0 Å². The molecule has 4 nitrogen and oxygen atoms in total. The van der Waals surface area contributed by atoms with Gasteiger partial charge in [-0.25, -0.2) is 0 Å². The largest absolute Gasteiger partial charge is 0.342 e. The zero-order valence-corrected chi connectivity index (χ0v) is 14.1. The van der Waals surface area contributed by atoms with Crippen LogP contribution in [0.1, 0.15) is 42.5 Å². The lowest BCUT2D eigenvalue weighted by Crippen LogP contribution is -2.47. The number of rotatable bonds is 2. The summed E-state index contributed by atoms with van der Waals surface area (Å²) in [6.45, 7) is 3.02. The quantitative estimate of drug-likeness (QED) is 0.833. The molecule has 1 aromatic carbocycles. The van der Waals surface area contributed by atoms with Gasteiger partial charge in [0.15, 0.2) is 0 Å². The Bertz CT molecular complexity index is 567. The summed E-state index contributed by atoms with van der Waals surface area (Å²) in [7, 11) is 0. The number of piperidine rings is 2. The molecule has 124 valence electrons. The topological polar surface area (TPSA) is 40.6 Å². The van der Waals surface area contributed by atoms with Gasteiger partial charge in [-0.05, 0) is 56.4 Å². The molecular formula is C18H23ClN2O2. The third-order valence-corrected chi connectivity index (χ3v) is 5.07. The molecule has 2 aliphatic rings. The molecule has 3 rings (SSSR count). The van der Waals surface area contributed by atoms with Crippen molar-refractivity contribution >= 4 is 23.4 Å². The van der Waals surface area contributed by atoms with Gasteiger partial charge >= 0.3 is 0 Å². The van der Waals surface area contributed by atoms with E-state index >= 15 is 0 Å². The highest BCUT2D eigenvalue weighted by molar-refractivity contribution is 6.30. The molecule has 2 aliphatic heterocycles. The fourth-order valence-electron chi connectivity index (χ4n) is 3.51. The fourth-order valence-corrected chi connectivity index (χ4v) is 3.64. The summed E-state index contributed by atoms with van der Waals surface area (Å²) in [5.74, 6) is 0.189. The van der Waals surface area contributed by atoms with E-state index in [0.717, 1.165) is 45.3 Å². The van der Waals surface area contributed by atoms with Crippen molar-refractivity contribution in [3.05, 3.63) is 34.9 Å². The van der Waals surface area contributed by atoms with Gasteiger partial charge in [-0.3, -0.25) is 9.59 Å². The van der Waals surface area contributed by atoms with E-state index in [9.17, 15) is 9.59 Å². The minimum absolute atomic E-state index is 0.00203. The Morgan fingerprint density at radius 2 is 1.57 bits per heavy atom. The Balaban J connectivity index is 1.64. The molecule has 0 unspecified atom stereocenters. The Morgan fingerprint density at radius 1 is 0.913 bits per heavy atom. The predicted molar refractivity (Wildman–Crippen MR) is 90.5 cm³/mol. The third kappa shape index (κ3) is 3.86. The van der Waals surface area contributed by atoms with Crippen LogP contribution in [0.3, 0.4) is 0 Å². The summed E-state index contributed by atoms with van der Waals surface area (Å²) in [5.41, 5.74) is 0.639. The molecule has 0 radical (unpaired) electrons. The molecule has 0 saturated carbocycles. The van der Waals surface area contributed by atoms with Crippen molar-refractivity contribution in [3.8, 4) is 0 Å². The van der Waals surface area contributed by atoms with Crippen molar-refractivity contribution in [2.75, 3.05) is 26.2 Å². The Labute approximate surface area is 142 Å². The fraction of sp³-hybridized carbons (Fsp3) is 0.556. The predicted octanol–water partition coefficient (Wildman–Crippen LogP) is 3.20. The number of benzene rings is 1. The zero-order chi connectivity index (χ0) is 16.2. The van der Waals surface area contributed by atoms with Crippen LogP contribution in [-0.2, 0) is 4.79 Å². The van der Waals surface area contributed by atoms with Gasteiger partial charge in [-0.2, -0.15) is 0 Å².